The number of fused-ring (bicyclic) bond motifs is 3. The van der Waals surface area contributed by atoms with Crippen LogP contribution in [0.15, 0.2) is 48.5 Å². The topological polar surface area (TPSA) is 20.2 Å². The predicted octanol–water partition coefficient (Wildman–Crippen LogP) is 4.00. The molecule has 2 aromatic rings. The molecule has 0 radical (unpaired) electrons. The molecule has 0 heterocycles. The molecule has 0 aromatic heterocycles. The largest absolute Gasteiger partial charge is 0.388 e. The van der Waals surface area contributed by atoms with Crippen LogP contribution < -0.4 is 0 Å². The molecule has 2 aliphatic carbocycles. The van der Waals surface area contributed by atoms with Gasteiger partial charge < -0.3 is 5.11 Å². The molecule has 0 bridgehead atoms. The third kappa shape index (κ3) is 1.81. The van der Waals surface area contributed by atoms with Crippen LogP contribution in [0.25, 0.3) is 0 Å². The highest BCUT2D eigenvalue weighted by Crippen LogP contribution is 2.64. The summed E-state index contributed by atoms with van der Waals surface area (Å²) in [7, 11) is 0. The van der Waals surface area contributed by atoms with Crippen LogP contribution in [0, 0.1) is 18.8 Å². The Morgan fingerprint density at radius 1 is 1.10 bits per heavy atom. The zero-order valence-electron chi connectivity index (χ0n) is 11.8. The molecule has 4 rings (SSSR count). The minimum Gasteiger partial charge on any atom is -0.388 e. The molecule has 0 saturated heterocycles. The van der Waals surface area contributed by atoms with Crippen molar-refractivity contribution in [1.29, 1.82) is 0 Å². The Hall–Kier alpha value is -1.60. The molecule has 0 amide bonds. The smallest absolute Gasteiger partial charge is 0.0827 e. The second kappa shape index (κ2) is 4.46. The van der Waals surface area contributed by atoms with Gasteiger partial charge in [0.2, 0.25) is 0 Å². The normalized spacial score (nSPS) is 28.4. The second-order valence-electron chi connectivity index (χ2n) is 6.36. The first kappa shape index (κ1) is 12.2. The van der Waals surface area contributed by atoms with Crippen molar-refractivity contribution in [2.45, 2.75) is 31.8 Å². The third-order valence-electron chi connectivity index (χ3n) is 5.14. The number of aryl methyl sites for hydroxylation is 2. The summed E-state index contributed by atoms with van der Waals surface area (Å²) in [6.07, 6.45) is 2.10. The number of rotatable bonds is 2. The highest BCUT2D eigenvalue weighted by atomic mass is 16.3. The van der Waals surface area contributed by atoms with Crippen molar-refractivity contribution in [3.63, 3.8) is 0 Å². The first-order chi connectivity index (χ1) is 9.75. The number of aliphatic hydroxyl groups excluding tert-OH is 1. The second-order valence-corrected chi connectivity index (χ2v) is 6.36. The van der Waals surface area contributed by atoms with Crippen LogP contribution >= 0.6 is 0 Å². The van der Waals surface area contributed by atoms with Gasteiger partial charge in [-0.1, -0.05) is 54.1 Å². The molecule has 1 nitrogen and oxygen atoms in total. The Balaban J connectivity index is 1.64. The maximum atomic E-state index is 10.7. The van der Waals surface area contributed by atoms with E-state index in [1.54, 1.807) is 0 Å². The van der Waals surface area contributed by atoms with Crippen molar-refractivity contribution >= 4 is 0 Å². The van der Waals surface area contributed by atoms with E-state index in [9.17, 15) is 5.11 Å². The molecule has 1 N–H and O–H groups in total. The summed E-state index contributed by atoms with van der Waals surface area (Å²) in [5, 5.41) is 10.7. The SMILES string of the molecule is Cc1cccc(C(O)C2C3CCc4ccccc4C32)c1. The highest BCUT2D eigenvalue weighted by molar-refractivity contribution is 5.41. The molecule has 2 aromatic carbocycles. The lowest BCUT2D eigenvalue weighted by atomic mass is 9.92. The summed E-state index contributed by atoms with van der Waals surface area (Å²) >= 11 is 0. The van der Waals surface area contributed by atoms with E-state index in [4.69, 9.17) is 0 Å². The van der Waals surface area contributed by atoms with Crippen molar-refractivity contribution in [3.05, 3.63) is 70.8 Å². The lowest BCUT2D eigenvalue weighted by Crippen LogP contribution is -2.02. The van der Waals surface area contributed by atoms with Gasteiger partial charge in [-0.3, -0.25) is 0 Å². The Bertz CT molecular complexity index is 646. The van der Waals surface area contributed by atoms with Crippen LogP contribution in [0.1, 0.15) is 40.7 Å². The van der Waals surface area contributed by atoms with Gasteiger partial charge in [-0.2, -0.15) is 0 Å². The van der Waals surface area contributed by atoms with E-state index in [0.717, 1.165) is 5.56 Å². The Morgan fingerprint density at radius 3 is 2.80 bits per heavy atom. The van der Waals surface area contributed by atoms with E-state index in [2.05, 4.69) is 49.4 Å². The Kier molecular flexibility index (Phi) is 2.71. The summed E-state index contributed by atoms with van der Waals surface area (Å²) in [6, 6.07) is 17.1. The lowest BCUT2D eigenvalue weighted by molar-refractivity contribution is 0.145. The molecule has 1 fully saturated rings. The van der Waals surface area contributed by atoms with Crippen LogP contribution in [0.2, 0.25) is 0 Å². The maximum absolute atomic E-state index is 10.7. The fourth-order valence-electron chi connectivity index (χ4n) is 4.13. The van der Waals surface area contributed by atoms with Crippen molar-refractivity contribution in [1.82, 2.24) is 0 Å². The van der Waals surface area contributed by atoms with Crippen molar-refractivity contribution in [2.24, 2.45) is 11.8 Å². The summed E-state index contributed by atoms with van der Waals surface area (Å²) in [5.41, 5.74) is 5.29. The van der Waals surface area contributed by atoms with E-state index in [-0.39, 0.29) is 6.10 Å². The predicted molar refractivity (Wildman–Crippen MR) is 80.6 cm³/mol. The number of hydrogen-bond donors (Lipinski definition) is 1. The van der Waals surface area contributed by atoms with Gasteiger partial charge in [0.25, 0.3) is 0 Å². The number of benzene rings is 2. The van der Waals surface area contributed by atoms with Crippen LogP contribution in [0.4, 0.5) is 0 Å². The molecule has 102 valence electrons. The standard InChI is InChI=1S/C19H20O/c1-12-5-4-7-14(11-12)19(20)18-16-10-9-13-6-2-3-8-15(13)17(16)18/h2-8,11,16-20H,9-10H2,1H3. The fraction of sp³-hybridized carbons (Fsp3) is 0.368. The lowest BCUT2D eigenvalue weighted by Gasteiger charge is -2.13. The number of aliphatic hydroxyl groups is 1. The van der Waals surface area contributed by atoms with Crippen molar-refractivity contribution in [2.75, 3.05) is 0 Å². The minimum absolute atomic E-state index is 0.309. The average Bonchev–Trinajstić information content (AvgIpc) is 3.21. The number of hydrogen-bond acceptors (Lipinski definition) is 1. The molecule has 2 aliphatic rings. The van der Waals surface area contributed by atoms with Crippen LogP contribution in [0.3, 0.4) is 0 Å². The fourth-order valence-corrected chi connectivity index (χ4v) is 4.13. The average molecular weight is 264 g/mol. The Labute approximate surface area is 120 Å². The van der Waals surface area contributed by atoms with E-state index in [1.807, 2.05) is 6.07 Å². The molecule has 4 unspecified atom stereocenters. The monoisotopic (exact) mass is 264 g/mol. The van der Waals surface area contributed by atoms with Gasteiger partial charge in [0.1, 0.15) is 0 Å². The first-order valence-corrected chi connectivity index (χ1v) is 7.58. The Morgan fingerprint density at radius 2 is 1.95 bits per heavy atom. The van der Waals surface area contributed by atoms with Gasteiger partial charge >= 0.3 is 0 Å². The van der Waals surface area contributed by atoms with Crippen LogP contribution in [0.5, 0.6) is 0 Å². The van der Waals surface area contributed by atoms with Crippen molar-refractivity contribution < 1.29 is 5.11 Å². The van der Waals surface area contributed by atoms with E-state index in [1.165, 1.54) is 29.5 Å². The van der Waals surface area contributed by atoms with E-state index in [0.29, 0.717) is 17.8 Å². The third-order valence-corrected chi connectivity index (χ3v) is 5.14. The van der Waals surface area contributed by atoms with Crippen LogP contribution in [-0.4, -0.2) is 5.11 Å². The molecular formula is C19H20O. The zero-order valence-corrected chi connectivity index (χ0v) is 11.8. The maximum Gasteiger partial charge on any atom is 0.0827 e. The van der Waals surface area contributed by atoms with Gasteiger partial charge in [0.05, 0.1) is 6.10 Å². The molecule has 20 heavy (non-hydrogen) atoms. The first-order valence-electron chi connectivity index (χ1n) is 7.58. The molecule has 4 atom stereocenters. The molecular weight excluding hydrogens is 244 g/mol. The van der Waals surface area contributed by atoms with Gasteiger partial charge in [0, 0.05) is 0 Å². The summed E-state index contributed by atoms with van der Waals surface area (Å²) in [5.74, 6) is 1.68. The van der Waals surface area contributed by atoms with Gasteiger partial charge in [-0.25, -0.2) is 0 Å². The van der Waals surface area contributed by atoms with Crippen molar-refractivity contribution in [3.8, 4) is 0 Å². The van der Waals surface area contributed by atoms with Crippen LogP contribution in [-0.2, 0) is 6.42 Å². The quantitative estimate of drug-likeness (QED) is 0.869. The van der Waals surface area contributed by atoms with E-state index < -0.39 is 0 Å². The van der Waals surface area contributed by atoms with Gasteiger partial charge in [-0.05, 0) is 54.2 Å². The zero-order chi connectivity index (χ0) is 13.7. The summed E-state index contributed by atoms with van der Waals surface area (Å²) in [4.78, 5) is 0. The minimum atomic E-state index is -0.309. The molecule has 0 spiro atoms. The highest BCUT2D eigenvalue weighted by Gasteiger charge is 2.56. The molecule has 1 saturated carbocycles. The van der Waals surface area contributed by atoms with Gasteiger partial charge in [-0.15, -0.1) is 0 Å². The molecule has 0 aliphatic heterocycles. The molecule has 1 heteroatoms. The van der Waals surface area contributed by atoms with E-state index >= 15 is 0 Å². The van der Waals surface area contributed by atoms with Gasteiger partial charge in [0.15, 0.2) is 0 Å². The summed E-state index contributed by atoms with van der Waals surface area (Å²) < 4.78 is 0. The summed E-state index contributed by atoms with van der Waals surface area (Å²) in [6.45, 7) is 2.09.